The lowest BCUT2D eigenvalue weighted by molar-refractivity contribution is -0.163. The SMILES string of the molecule is O=C1OC[C@H](c2ccccc2)N2[C@H]1[C@@H](c1ccc3c(c1)OCCO3)O[C@H]2c1ccc2c(c1)OCCO2. The minimum Gasteiger partial charge on any atom is -0.486 e. The summed E-state index contributed by atoms with van der Waals surface area (Å²) in [4.78, 5) is 15.4. The van der Waals surface area contributed by atoms with Gasteiger partial charge in [-0.05, 0) is 41.0 Å². The lowest BCUT2D eigenvalue weighted by Gasteiger charge is -2.39. The number of carbonyl (C=O) groups excluding carboxylic acids is 1. The van der Waals surface area contributed by atoms with Gasteiger partial charge in [-0.25, -0.2) is 4.90 Å². The Kier molecular flexibility index (Phi) is 5.22. The molecule has 3 aromatic carbocycles. The highest BCUT2D eigenvalue weighted by molar-refractivity contribution is 5.78. The molecule has 184 valence electrons. The summed E-state index contributed by atoms with van der Waals surface area (Å²) < 4.78 is 35.5. The standard InChI is InChI=1S/C28H25NO7/c30-28-25-26(18-6-8-21-23(14-18)33-12-10-31-21)36-27(19-7-9-22-24(15-19)34-13-11-32-22)29(25)20(16-35-28)17-4-2-1-3-5-17/h1-9,14-15,20,25-27H,10-13,16H2/t20-,25+,26-,27+/m1/s1. The van der Waals surface area contributed by atoms with Crippen LogP contribution >= 0.6 is 0 Å². The van der Waals surface area contributed by atoms with Gasteiger partial charge in [0.1, 0.15) is 51.4 Å². The van der Waals surface area contributed by atoms with Gasteiger partial charge < -0.3 is 28.4 Å². The van der Waals surface area contributed by atoms with E-state index in [1.807, 2.05) is 54.6 Å². The third-order valence-electron chi connectivity index (χ3n) is 7.07. The monoisotopic (exact) mass is 487 g/mol. The van der Waals surface area contributed by atoms with Crippen molar-refractivity contribution in [1.82, 2.24) is 4.90 Å². The maximum absolute atomic E-state index is 13.3. The van der Waals surface area contributed by atoms with Crippen molar-refractivity contribution >= 4 is 5.97 Å². The topological polar surface area (TPSA) is 75.7 Å². The van der Waals surface area contributed by atoms with E-state index in [4.69, 9.17) is 28.4 Å². The molecule has 4 heterocycles. The molecule has 4 aliphatic heterocycles. The molecule has 0 bridgehead atoms. The van der Waals surface area contributed by atoms with Gasteiger partial charge in [-0.2, -0.15) is 0 Å². The Morgan fingerprint density at radius 2 is 1.25 bits per heavy atom. The van der Waals surface area contributed by atoms with Crippen LogP contribution in [0.1, 0.15) is 35.1 Å². The molecule has 2 saturated heterocycles. The number of carbonyl (C=O) groups is 1. The highest BCUT2D eigenvalue weighted by Crippen LogP contribution is 2.51. The molecule has 0 unspecified atom stereocenters. The van der Waals surface area contributed by atoms with E-state index in [9.17, 15) is 4.79 Å². The zero-order valence-corrected chi connectivity index (χ0v) is 19.5. The second kappa shape index (κ2) is 8.72. The predicted octanol–water partition coefficient (Wildman–Crippen LogP) is 3.97. The summed E-state index contributed by atoms with van der Waals surface area (Å²) in [6, 6.07) is 20.8. The summed E-state index contributed by atoms with van der Waals surface area (Å²) in [5.74, 6) is 2.43. The summed E-state index contributed by atoms with van der Waals surface area (Å²) in [5, 5.41) is 0. The van der Waals surface area contributed by atoms with Gasteiger partial charge in [0.05, 0.1) is 6.04 Å². The van der Waals surface area contributed by atoms with Crippen LogP contribution in [-0.2, 0) is 14.3 Å². The van der Waals surface area contributed by atoms with Crippen molar-refractivity contribution in [3.8, 4) is 23.0 Å². The van der Waals surface area contributed by atoms with E-state index in [1.54, 1.807) is 0 Å². The number of nitrogens with zero attached hydrogens (tertiary/aromatic N) is 1. The first kappa shape index (κ1) is 21.5. The molecule has 0 N–H and O–H groups in total. The molecule has 0 amide bonds. The molecule has 0 spiro atoms. The van der Waals surface area contributed by atoms with Crippen molar-refractivity contribution in [3.05, 3.63) is 83.4 Å². The number of benzene rings is 3. The van der Waals surface area contributed by atoms with Crippen molar-refractivity contribution in [2.24, 2.45) is 0 Å². The van der Waals surface area contributed by atoms with E-state index >= 15 is 0 Å². The largest absolute Gasteiger partial charge is 0.486 e. The second-order valence-corrected chi connectivity index (χ2v) is 9.16. The van der Waals surface area contributed by atoms with Crippen LogP contribution in [0.3, 0.4) is 0 Å². The molecule has 4 atom stereocenters. The fourth-order valence-corrected chi connectivity index (χ4v) is 5.43. The van der Waals surface area contributed by atoms with Crippen LogP contribution in [0, 0.1) is 0 Å². The number of morpholine rings is 1. The van der Waals surface area contributed by atoms with E-state index in [0.29, 0.717) is 49.4 Å². The van der Waals surface area contributed by atoms with Gasteiger partial charge in [-0.3, -0.25) is 4.79 Å². The highest BCUT2D eigenvalue weighted by Gasteiger charge is 2.54. The van der Waals surface area contributed by atoms with Crippen molar-refractivity contribution in [2.75, 3.05) is 33.0 Å². The van der Waals surface area contributed by atoms with Crippen molar-refractivity contribution in [3.63, 3.8) is 0 Å². The van der Waals surface area contributed by atoms with Crippen LogP contribution in [0.4, 0.5) is 0 Å². The highest BCUT2D eigenvalue weighted by atomic mass is 16.6. The Hall–Kier alpha value is -3.75. The predicted molar refractivity (Wildman–Crippen MR) is 127 cm³/mol. The van der Waals surface area contributed by atoms with Gasteiger partial charge in [0, 0.05) is 0 Å². The summed E-state index contributed by atoms with van der Waals surface area (Å²) in [6.45, 7) is 2.26. The Balaban J connectivity index is 1.32. The van der Waals surface area contributed by atoms with Gasteiger partial charge in [0.2, 0.25) is 0 Å². The van der Waals surface area contributed by atoms with E-state index in [-0.39, 0.29) is 18.6 Å². The summed E-state index contributed by atoms with van der Waals surface area (Å²) >= 11 is 0. The number of ether oxygens (including phenoxy) is 6. The third-order valence-corrected chi connectivity index (χ3v) is 7.07. The van der Waals surface area contributed by atoms with Gasteiger partial charge in [-0.1, -0.05) is 42.5 Å². The van der Waals surface area contributed by atoms with Crippen LogP contribution < -0.4 is 18.9 Å². The molecule has 0 aromatic heterocycles. The van der Waals surface area contributed by atoms with Gasteiger partial charge >= 0.3 is 5.97 Å². The smallest absolute Gasteiger partial charge is 0.326 e. The zero-order valence-electron chi connectivity index (χ0n) is 19.5. The minimum absolute atomic E-state index is 0.172. The maximum atomic E-state index is 13.3. The molecule has 36 heavy (non-hydrogen) atoms. The van der Waals surface area contributed by atoms with Crippen LogP contribution in [0.15, 0.2) is 66.7 Å². The van der Waals surface area contributed by atoms with Crippen LogP contribution in [0.25, 0.3) is 0 Å². The van der Waals surface area contributed by atoms with Gasteiger partial charge in [0.15, 0.2) is 23.0 Å². The van der Waals surface area contributed by atoms with Gasteiger partial charge in [0.25, 0.3) is 0 Å². The first-order valence-corrected chi connectivity index (χ1v) is 12.2. The first-order valence-electron chi connectivity index (χ1n) is 12.2. The van der Waals surface area contributed by atoms with E-state index in [2.05, 4.69) is 17.0 Å². The normalized spacial score (nSPS) is 26.7. The summed E-state index contributed by atoms with van der Waals surface area (Å²) in [6.07, 6.45) is -1.06. The fraction of sp³-hybridized carbons (Fsp3) is 0.321. The van der Waals surface area contributed by atoms with E-state index in [0.717, 1.165) is 16.7 Å². The fourth-order valence-electron chi connectivity index (χ4n) is 5.43. The Bertz CT molecular complexity index is 1300. The Labute approximate surface area is 208 Å². The molecule has 0 aliphatic carbocycles. The van der Waals surface area contributed by atoms with Crippen LogP contribution in [-0.4, -0.2) is 49.9 Å². The molecule has 8 nitrogen and oxygen atoms in total. The number of esters is 1. The molecule has 7 rings (SSSR count). The maximum Gasteiger partial charge on any atom is 0.326 e. The van der Waals surface area contributed by atoms with E-state index in [1.165, 1.54) is 0 Å². The molecular weight excluding hydrogens is 462 g/mol. The molecule has 8 heteroatoms. The Morgan fingerprint density at radius 3 is 1.94 bits per heavy atom. The zero-order chi connectivity index (χ0) is 24.1. The third kappa shape index (κ3) is 3.56. The van der Waals surface area contributed by atoms with Crippen molar-refractivity contribution in [1.29, 1.82) is 0 Å². The number of rotatable bonds is 3. The van der Waals surface area contributed by atoms with Crippen molar-refractivity contribution in [2.45, 2.75) is 24.4 Å². The number of hydrogen-bond donors (Lipinski definition) is 0. The van der Waals surface area contributed by atoms with Crippen LogP contribution in [0.5, 0.6) is 23.0 Å². The lowest BCUT2D eigenvalue weighted by Crippen LogP contribution is -2.49. The van der Waals surface area contributed by atoms with Crippen LogP contribution in [0.2, 0.25) is 0 Å². The number of cyclic esters (lactones) is 1. The summed E-state index contributed by atoms with van der Waals surface area (Å²) in [7, 11) is 0. The minimum atomic E-state index is -0.635. The Morgan fingerprint density at radius 1 is 0.639 bits per heavy atom. The average Bonchev–Trinajstić information content (AvgIpc) is 3.35. The number of hydrogen-bond acceptors (Lipinski definition) is 8. The second-order valence-electron chi connectivity index (χ2n) is 9.16. The van der Waals surface area contributed by atoms with E-state index < -0.39 is 18.4 Å². The molecule has 4 aliphatic rings. The molecule has 0 radical (unpaired) electrons. The quantitative estimate of drug-likeness (QED) is 0.514. The molecule has 2 fully saturated rings. The number of fused-ring (bicyclic) bond motifs is 3. The molecule has 0 saturated carbocycles. The van der Waals surface area contributed by atoms with Gasteiger partial charge in [-0.15, -0.1) is 0 Å². The molecule has 3 aromatic rings. The molecular formula is C28H25NO7. The lowest BCUT2D eigenvalue weighted by atomic mass is 9.96. The average molecular weight is 488 g/mol. The summed E-state index contributed by atoms with van der Waals surface area (Å²) in [5.41, 5.74) is 2.78. The van der Waals surface area contributed by atoms with Crippen molar-refractivity contribution < 1.29 is 33.2 Å². The first-order chi connectivity index (χ1) is 17.8.